The summed E-state index contributed by atoms with van der Waals surface area (Å²) in [6, 6.07) is 0. The Morgan fingerprint density at radius 3 is 2.92 bits per heavy atom. The van der Waals surface area contributed by atoms with Gasteiger partial charge in [0.2, 0.25) is 11.6 Å². The molecular weight excluding hydrogens is 196 g/mol. The van der Waals surface area contributed by atoms with Gasteiger partial charge in [0.25, 0.3) is 0 Å². The van der Waals surface area contributed by atoms with Crippen LogP contribution in [-0.2, 0) is 5.88 Å². The van der Waals surface area contributed by atoms with Gasteiger partial charge in [0.05, 0.1) is 17.8 Å². The Bertz CT molecular complexity index is 409. The highest BCUT2D eigenvalue weighted by Crippen LogP contribution is 2.10. The molecule has 0 radical (unpaired) electrons. The monoisotopic (exact) mass is 200 g/mol. The van der Waals surface area contributed by atoms with Gasteiger partial charge in [-0.25, -0.2) is 4.63 Å². The molecule has 0 atom stereocenters. The molecule has 0 saturated heterocycles. The second kappa shape index (κ2) is 3.02. The first-order valence-corrected chi connectivity index (χ1v) is 3.90. The molecule has 68 valence electrons. The Labute approximate surface area is 77.4 Å². The average molecular weight is 201 g/mol. The van der Waals surface area contributed by atoms with Crippen LogP contribution in [0.4, 0.5) is 5.82 Å². The lowest BCUT2D eigenvalue weighted by atomic mass is 10.5. The Balaban J connectivity index is 2.41. The molecule has 0 saturated carbocycles. The summed E-state index contributed by atoms with van der Waals surface area (Å²) in [6.45, 7) is 0. The number of rotatable bonds is 2. The van der Waals surface area contributed by atoms with Crippen LogP contribution in [0, 0.1) is 0 Å². The minimum Gasteiger partial charge on any atom is -0.378 e. The molecule has 0 aromatic carbocycles. The second-order valence-electron chi connectivity index (χ2n) is 2.26. The molecule has 2 heterocycles. The Morgan fingerprint density at radius 1 is 1.54 bits per heavy atom. The summed E-state index contributed by atoms with van der Waals surface area (Å²) in [4.78, 5) is 0. The van der Waals surface area contributed by atoms with Gasteiger partial charge in [0, 0.05) is 0 Å². The van der Waals surface area contributed by atoms with E-state index in [-0.39, 0.29) is 11.7 Å². The van der Waals surface area contributed by atoms with Crippen LogP contribution in [0.2, 0.25) is 0 Å². The highest BCUT2D eigenvalue weighted by atomic mass is 35.5. The zero-order valence-electron chi connectivity index (χ0n) is 6.38. The summed E-state index contributed by atoms with van der Waals surface area (Å²) in [5, 5.41) is 14.4. The topological polar surface area (TPSA) is 95.7 Å². The molecular formula is C5H5ClN6O. The number of nitrogens with two attached hydrogens (primary N) is 1. The highest BCUT2D eigenvalue weighted by molar-refractivity contribution is 6.16. The largest absolute Gasteiger partial charge is 0.378 e. The van der Waals surface area contributed by atoms with Crippen molar-refractivity contribution in [3.05, 3.63) is 11.9 Å². The summed E-state index contributed by atoms with van der Waals surface area (Å²) in [5.41, 5.74) is 6.06. The molecule has 2 rings (SSSR count). The number of halogens is 1. The van der Waals surface area contributed by atoms with E-state index in [2.05, 4.69) is 25.3 Å². The van der Waals surface area contributed by atoms with Gasteiger partial charge in [-0.3, -0.25) is 0 Å². The first-order valence-electron chi connectivity index (χ1n) is 3.37. The van der Waals surface area contributed by atoms with Crippen molar-refractivity contribution in [2.45, 2.75) is 5.88 Å². The smallest absolute Gasteiger partial charge is 0.243 e. The van der Waals surface area contributed by atoms with E-state index in [1.54, 1.807) is 6.20 Å². The zero-order valence-corrected chi connectivity index (χ0v) is 7.14. The first kappa shape index (κ1) is 7.99. The summed E-state index contributed by atoms with van der Waals surface area (Å²) < 4.78 is 5.75. The van der Waals surface area contributed by atoms with Crippen molar-refractivity contribution in [2.75, 3.05) is 5.73 Å². The molecule has 2 aromatic rings. The number of aromatic nitrogens is 5. The molecule has 0 fully saturated rings. The molecule has 2 aromatic heterocycles. The van der Waals surface area contributed by atoms with E-state index in [9.17, 15) is 0 Å². The highest BCUT2D eigenvalue weighted by Gasteiger charge is 2.10. The first-order chi connectivity index (χ1) is 6.31. The SMILES string of the molecule is Nc1nonc1-n1cc(CCl)nn1. The number of anilines is 1. The standard InChI is InChI=1S/C5H5ClN6O/c6-1-3-2-12(11-8-3)5-4(7)9-13-10-5/h2H,1H2,(H2,7,9). The van der Waals surface area contributed by atoms with Crippen molar-refractivity contribution in [1.82, 2.24) is 25.3 Å². The molecule has 2 N–H and O–H groups in total. The maximum Gasteiger partial charge on any atom is 0.243 e. The van der Waals surface area contributed by atoms with Crippen LogP contribution in [0.1, 0.15) is 5.69 Å². The van der Waals surface area contributed by atoms with Crippen molar-refractivity contribution >= 4 is 17.4 Å². The van der Waals surface area contributed by atoms with Gasteiger partial charge in [-0.15, -0.1) is 16.7 Å². The number of hydrogen-bond donors (Lipinski definition) is 1. The fourth-order valence-electron chi connectivity index (χ4n) is 0.813. The lowest BCUT2D eigenvalue weighted by Gasteiger charge is -1.89. The third-order valence-corrected chi connectivity index (χ3v) is 1.66. The van der Waals surface area contributed by atoms with E-state index in [4.69, 9.17) is 17.3 Å². The van der Waals surface area contributed by atoms with Crippen LogP contribution in [0.25, 0.3) is 5.82 Å². The molecule has 0 aliphatic carbocycles. The predicted molar refractivity (Wildman–Crippen MR) is 43.2 cm³/mol. The average Bonchev–Trinajstić information content (AvgIpc) is 2.71. The number of nitrogen functional groups attached to an aromatic ring is 1. The van der Waals surface area contributed by atoms with Gasteiger partial charge >= 0.3 is 0 Å². The van der Waals surface area contributed by atoms with Gasteiger partial charge in [-0.1, -0.05) is 5.21 Å². The third kappa shape index (κ3) is 1.33. The van der Waals surface area contributed by atoms with Gasteiger partial charge in [0.15, 0.2) is 0 Å². The van der Waals surface area contributed by atoms with E-state index < -0.39 is 0 Å². The summed E-state index contributed by atoms with van der Waals surface area (Å²) >= 11 is 5.53. The molecule has 8 heteroatoms. The van der Waals surface area contributed by atoms with Gasteiger partial charge < -0.3 is 5.73 Å². The van der Waals surface area contributed by atoms with Gasteiger partial charge in [-0.05, 0) is 10.3 Å². The predicted octanol–water partition coefficient (Wildman–Crippen LogP) is -0.0287. The summed E-state index contributed by atoms with van der Waals surface area (Å²) in [6.07, 6.45) is 1.60. The molecule has 0 amide bonds. The molecule has 0 spiro atoms. The van der Waals surface area contributed by atoms with Crippen molar-refractivity contribution in [3.8, 4) is 5.82 Å². The Hall–Kier alpha value is -1.63. The zero-order chi connectivity index (χ0) is 9.26. The van der Waals surface area contributed by atoms with Crippen molar-refractivity contribution in [3.63, 3.8) is 0 Å². The molecule has 0 aliphatic rings. The fourth-order valence-corrected chi connectivity index (χ4v) is 0.935. The van der Waals surface area contributed by atoms with Crippen LogP contribution in [0.15, 0.2) is 10.8 Å². The maximum atomic E-state index is 5.53. The second-order valence-corrected chi connectivity index (χ2v) is 2.53. The van der Waals surface area contributed by atoms with Crippen molar-refractivity contribution in [2.24, 2.45) is 0 Å². The number of hydrogen-bond acceptors (Lipinski definition) is 6. The van der Waals surface area contributed by atoms with E-state index in [0.717, 1.165) is 0 Å². The number of alkyl halides is 1. The normalized spacial score (nSPS) is 10.5. The van der Waals surface area contributed by atoms with Crippen LogP contribution in [0.3, 0.4) is 0 Å². The van der Waals surface area contributed by atoms with Crippen LogP contribution in [-0.4, -0.2) is 25.3 Å². The van der Waals surface area contributed by atoms with Gasteiger partial charge in [-0.2, -0.15) is 4.68 Å². The van der Waals surface area contributed by atoms with E-state index in [1.165, 1.54) is 4.68 Å². The Morgan fingerprint density at radius 2 is 2.38 bits per heavy atom. The summed E-state index contributed by atoms with van der Waals surface area (Å²) in [7, 11) is 0. The lowest BCUT2D eigenvalue weighted by molar-refractivity contribution is 0.307. The van der Waals surface area contributed by atoms with Crippen LogP contribution < -0.4 is 5.73 Å². The third-order valence-electron chi connectivity index (χ3n) is 1.39. The maximum absolute atomic E-state index is 5.53. The fraction of sp³-hybridized carbons (Fsp3) is 0.200. The van der Waals surface area contributed by atoms with E-state index in [0.29, 0.717) is 11.5 Å². The van der Waals surface area contributed by atoms with Gasteiger partial charge in [0.1, 0.15) is 0 Å². The minimum absolute atomic E-state index is 0.158. The summed E-state index contributed by atoms with van der Waals surface area (Å²) in [5.74, 6) is 0.750. The van der Waals surface area contributed by atoms with E-state index >= 15 is 0 Å². The molecule has 0 unspecified atom stereocenters. The Kier molecular flexibility index (Phi) is 1.85. The molecule has 7 nitrogen and oxygen atoms in total. The number of nitrogens with zero attached hydrogens (tertiary/aromatic N) is 5. The molecule has 0 bridgehead atoms. The quantitative estimate of drug-likeness (QED) is 0.684. The molecule has 13 heavy (non-hydrogen) atoms. The molecule has 0 aliphatic heterocycles. The van der Waals surface area contributed by atoms with Crippen molar-refractivity contribution < 1.29 is 4.63 Å². The van der Waals surface area contributed by atoms with Crippen molar-refractivity contribution in [1.29, 1.82) is 0 Å². The minimum atomic E-state index is 0.158. The van der Waals surface area contributed by atoms with Crippen LogP contribution in [0.5, 0.6) is 0 Å². The lowest BCUT2D eigenvalue weighted by Crippen LogP contribution is -1.99. The van der Waals surface area contributed by atoms with Crippen LogP contribution >= 0.6 is 11.6 Å². The van der Waals surface area contributed by atoms with E-state index in [1.807, 2.05) is 0 Å².